The van der Waals surface area contributed by atoms with Crippen LogP contribution in [0.3, 0.4) is 0 Å². The van der Waals surface area contributed by atoms with Gasteiger partial charge < -0.3 is 14.7 Å². The van der Waals surface area contributed by atoms with Gasteiger partial charge in [0.05, 0.1) is 17.7 Å². The van der Waals surface area contributed by atoms with Crippen molar-refractivity contribution in [3.63, 3.8) is 0 Å². The molecule has 0 radical (unpaired) electrons. The number of carbonyl (C=O) groups is 1. The standard InChI is InChI=1S/C17H14N2O5/c1-18-13-6-4-3-5-11(13)12(17(18)21)7-10-8-14(19(22)23)16(20)15(9-10)24-2/h3-9,20H,1-2H3/b12-7+. The number of likely N-dealkylation sites (N-methyl/N-ethyl adjacent to an activating group) is 1. The average molecular weight is 326 g/mol. The smallest absolute Gasteiger partial charge is 0.315 e. The summed E-state index contributed by atoms with van der Waals surface area (Å²) in [6, 6.07) is 9.95. The molecule has 0 aromatic heterocycles. The van der Waals surface area contributed by atoms with Crippen LogP contribution in [-0.2, 0) is 4.79 Å². The van der Waals surface area contributed by atoms with E-state index >= 15 is 0 Å². The zero-order valence-electron chi connectivity index (χ0n) is 13.0. The number of nitro groups is 1. The number of phenols is 1. The lowest BCUT2D eigenvalue weighted by molar-refractivity contribution is -0.386. The maximum absolute atomic E-state index is 12.4. The second-order valence-corrected chi connectivity index (χ2v) is 5.29. The van der Waals surface area contributed by atoms with Gasteiger partial charge in [-0.15, -0.1) is 0 Å². The fourth-order valence-corrected chi connectivity index (χ4v) is 2.70. The van der Waals surface area contributed by atoms with E-state index in [2.05, 4.69) is 0 Å². The molecule has 0 bridgehead atoms. The lowest BCUT2D eigenvalue weighted by Crippen LogP contribution is -2.20. The SMILES string of the molecule is COc1cc(/C=C2/C(=O)N(C)c3ccccc32)cc([N+](=O)[O-])c1O. The predicted octanol–water partition coefficient (Wildman–Crippen LogP) is 2.83. The summed E-state index contributed by atoms with van der Waals surface area (Å²) in [5.74, 6) is -0.769. The normalized spacial score (nSPS) is 14.8. The minimum atomic E-state index is -0.698. The van der Waals surface area contributed by atoms with E-state index in [0.29, 0.717) is 11.1 Å². The molecule has 1 amide bonds. The van der Waals surface area contributed by atoms with Gasteiger partial charge >= 0.3 is 5.69 Å². The second kappa shape index (κ2) is 5.69. The first-order chi connectivity index (χ1) is 11.4. The predicted molar refractivity (Wildman–Crippen MR) is 89.0 cm³/mol. The van der Waals surface area contributed by atoms with Gasteiger partial charge in [-0.25, -0.2) is 0 Å². The van der Waals surface area contributed by atoms with Crippen molar-refractivity contribution in [1.29, 1.82) is 0 Å². The number of aromatic hydroxyl groups is 1. The number of anilines is 1. The van der Waals surface area contributed by atoms with Crippen LogP contribution in [0.2, 0.25) is 0 Å². The van der Waals surface area contributed by atoms with Crippen LogP contribution in [-0.4, -0.2) is 30.1 Å². The maximum atomic E-state index is 12.4. The zero-order chi connectivity index (χ0) is 17.4. The zero-order valence-corrected chi connectivity index (χ0v) is 13.0. The Morgan fingerprint density at radius 3 is 2.67 bits per heavy atom. The van der Waals surface area contributed by atoms with Gasteiger partial charge in [-0.05, 0) is 23.8 Å². The molecule has 3 rings (SSSR count). The van der Waals surface area contributed by atoms with E-state index in [0.717, 1.165) is 11.3 Å². The van der Waals surface area contributed by atoms with E-state index in [4.69, 9.17) is 4.74 Å². The number of amides is 1. The molecule has 7 heteroatoms. The average Bonchev–Trinajstić information content (AvgIpc) is 2.81. The molecular weight excluding hydrogens is 312 g/mol. The number of hydrogen-bond donors (Lipinski definition) is 1. The summed E-state index contributed by atoms with van der Waals surface area (Å²) in [5, 5.41) is 20.9. The van der Waals surface area contributed by atoms with E-state index in [1.807, 2.05) is 24.3 Å². The van der Waals surface area contributed by atoms with Crippen molar-refractivity contribution >= 4 is 28.9 Å². The van der Waals surface area contributed by atoms with Crippen molar-refractivity contribution in [2.75, 3.05) is 19.1 Å². The van der Waals surface area contributed by atoms with Gasteiger partial charge in [-0.2, -0.15) is 0 Å². The molecule has 1 heterocycles. The van der Waals surface area contributed by atoms with Crippen LogP contribution in [0.25, 0.3) is 11.6 Å². The highest BCUT2D eigenvalue weighted by atomic mass is 16.6. The fraction of sp³-hybridized carbons (Fsp3) is 0.118. The molecule has 0 fully saturated rings. The summed E-state index contributed by atoms with van der Waals surface area (Å²) in [5.41, 5.74) is 1.86. The molecule has 0 atom stereocenters. The van der Waals surface area contributed by atoms with E-state index in [9.17, 15) is 20.0 Å². The molecule has 7 nitrogen and oxygen atoms in total. The lowest BCUT2D eigenvalue weighted by Gasteiger charge is -2.08. The number of fused-ring (bicyclic) bond motifs is 1. The molecule has 0 unspecified atom stereocenters. The lowest BCUT2D eigenvalue weighted by atomic mass is 10.0. The maximum Gasteiger partial charge on any atom is 0.315 e. The summed E-state index contributed by atoms with van der Waals surface area (Å²) in [4.78, 5) is 24.4. The summed E-state index contributed by atoms with van der Waals surface area (Å²) in [6.45, 7) is 0. The van der Waals surface area contributed by atoms with Gasteiger partial charge in [-0.1, -0.05) is 18.2 Å². The number of phenolic OH excluding ortho intramolecular Hbond substituents is 1. The number of nitrogens with zero attached hydrogens (tertiary/aromatic N) is 2. The van der Waals surface area contributed by atoms with Gasteiger partial charge in [-0.3, -0.25) is 14.9 Å². The summed E-state index contributed by atoms with van der Waals surface area (Å²) >= 11 is 0. The van der Waals surface area contributed by atoms with Crippen molar-refractivity contribution in [2.45, 2.75) is 0 Å². The Kier molecular flexibility index (Phi) is 3.69. The topological polar surface area (TPSA) is 92.9 Å². The molecule has 24 heavy (non-hydrogen) atoms. The molecule has 0 saturated heterocycles. The van der Waals surface area contributed by atoms with Crippen LogP contribution >= 0.6 is 0 Å². The van der Waals surface area contributed by atoms with E-state index in [1.54, 1.807) is 13.1 Å². The third-order valence-electron chi connectivity index (χ3n) is 3.90. The summed E-state index contributed by atoms with van der Waals surface area (Å²) < 4.78 is 4.98. The van der Waals surface area contributed by atoms with Crippen LogP contribution in [0, 0.1) is 10.1 Å². The van der Waals surface area contributed by atoms with Crippen LogP contribution in [0.1, 0.15) is 11.1 Å². The Hall–Kier alpha value is -3.35. The molecule has 1 aliphatic heterocycles. The second-order valence-electron chi connectivity index (χ2n) is 5.29. The fourth-order valence-electron chi connectivity index (χ4n) is 2.70. The molecule has 1 N–H and O–H groups in total. The highest BCUT2D eigenvalue weighted by Crippen LogP contribution is 2.40. The number of para-hydroxylation sites is 1. The highest BCUT2D eigenvalue weighted by Gasteiger charge is 2.29. The third-order valence-corrected chi connectivity index (χ3v) is 3.90. The van der Waals surface area contributed by atoms with Crippen LogP contribution < -0.4 is 9.64 Å². The van der Waals surface area contributed by atoms with Gasteiger partial charge in [0.25, 0.3) is 5.91 Å². The Morgan fingerprint density at radius 2 is 2.00 bits per heavy atom. The first-order valence-electron chi connectivity index (χ1n) is 7.08. The van der Waals surface area contributed by atoms with Crippen molar-refractivity contribution < 1.29 is 19.6 Å². The minimum absolute atomic E-state index is 0.0249. The Morgan fingerprint density at radius 1 is 1.29 bits per heavy atom. The monoisotopic (exact) mass is 326 g/mol. The van der Waals surface area contributed by atoms with Crippen LogP contribution in [0.5, 0.6) is 11.5 Å². The van der Waals surface area contributed by atoms with E-state index < -0.39 is 16.4 Å². The van der Waals surface area contributed by atoms with Crippen molar-refractivity contribution in [2.24, 2.45) is 0 Å². The molecule has 0 spiro atoms. The first kappa shape index (κ1) is 15.5. The Labute approximate surface area is 137 Å². The molecule has 2 aromatic carbocycles. The molecule has 0 saturated carbocycles. The van der Waals surface area contributed by atoms with Gasteiger partial charge in [0.2, 0.25) is 5.75 Å². The molecule has 2 aromatic rings. The van der Waals surface area contributed by atoms with E-state index in [1.165, 1.54) is 24.1 Å². The summed E-state index contributed by atoms with van der Waals surface area (Å²) in [7, 11) is 2.97. The molecular formula is C17H14N2O5. The number of carbonyl (C=O) groups excluding carboxylic acids is 1. The van der Waals surface area contributed by atoms with Gasteiger partial charge in [0.15, 0.2) is 5.75 Å². The van der Waals surface area contributed by atoms with Crippen LogP contribution in [0.15, 0.2) is 36.4 Å². The van der Waals surface area contributed by atoms with Gasteiger partial charge in [0, 0.05) is 24.3 Å². The van der Waals surface area contributed by atoms with Gasteiger partial charge in [0.1, 0.15) is 0 Å². The molecule has 1 aliphatic rings. The minimum Gasteiger partial charge on any atom is -0.500 e. The van der Waals surface area contributed by atoms with Crippen molar-refractivity contribution in [3.05, 3.63) is 57.6 Å². The Balaban J connectivity index is 2.17. The molecule has 0 aliphatic carbocycles. The van der Waals surface area contributed by atoms with Crippen LogP contribution in [0.4, 0.5) is 11.4 Å². The highest BCUT2D eigenvalue weighted by molar-refractivity contribution is 6.35. The Bertz CT molecular complexity index is 889. The molecule has 122 valence electrons. The first-order valence-corrected chi connectivity index (χ1v) is 7.08. The third kappa shape index (κ3) is 2.36. The van der Waals surface area contributed by atoms with Crippen molar-refractivity contribution in [1.82, 2.24) is 0 Å². The quantitative estimate of drug-likeness (QED) is 0.532. The number of hydrogen-bond acceptors (Lipinski definition) is 5. The largest absolute Gasteiger partial charge is 0.500 e. The van der Waals surface area contributed by atoms with E-state index in [-0.39, 0.29) is 11.7 Å². The number of methoxy groups -OCH3 is 1. The summed E-state index contributed by atoms with van der Waals surface area (Å²) in [6.07, 6.45) is 1.56. The number of benzene rings is 2. The number of rotatable bonds is 3. The number of nitro benzene ring substituents is 1. The van der Waals surface area contributed by atoms with Crippen molar-refractivity contribution in [3.8, 4) is 11.5 Å². The number of ether oxygens (including phenoxy) is 1.